The van der Waals surface area contributed by atoms with Gasteiger partial charge in [-0.3, -0.25) is 14.2 Å². The third kappa shape index (κ3) is 56.7. The molecule has 1 amide bonds. The summed E-state index contributed by atoms with van der Waals surface area (Å²) < 4.78 is 30.2. The number of ether oxygens (including phenoxy) is 1. The van der Waals surface area contributed by atoms with Crippen molar-refractivity contribution in [1.29, 1.82) is 0 Å². The number of unbranched alkanes of at least 4 members (excludes halogenated alkanes) is 17. The molecule has 0 rings (SSSR count). The zero-order valence-electron chi connectivity index (χ0n) is 49.9. The predicted molar refractivity (Wildman–Crippen MR) is 330 cm³/mol. The number of quaternary nitrogens is 1. The lowest BCUT2D eigenvalue weighted by Gasteiger charge is -2.30. The van der Waals surface area contributed by atoms with Gasteiger partial charge in [0.05, 0.1) is 33.8 Å². The maximum atomic E-state index is 13.5. The summed E-state index contributed by atoms with van der Waals surface area (Å²) in [6, 6.07) is -0.939. The quantitative estimate of drug-likeness (QED) is 0.0212. The SMILES string of the molecule is CC/C=C\C/C=C\C/C=C\C/C=C\C/C=C\C/C=C\CCC(=O)OC(/C=C/CCCCCCCCCCC)C(COP(=O)([O-])OCC[N+](C)(C)C)NC(=O)CCCCCCC/C=C\C/C=C\C/C=C\C/C=C\CCCCC. The molecule has 0 aliphatic heterocycles. The number of phosphoric acid groups is 1. The summed E-state index contributed by atoms with van der Waals surface area (Å²) in [5.41, 5.74) is 0. The van der Waals surface area contributed by atoms with Gasteiger partial charge in [0.2, 0.25) is 5.91 Å². The molecule has 10 heteroatoms. The maximum Gasteiger partial charge on any atom is 0.306 e. The molecule has 1 N–H and O–H groups in total. The highest BCUT2D eigenvalue weighted by Gasteiger charge is 2.27. The Kier molecular flexibility index (Phi) is 52.7. The normalized spacial score (nSPS) is 14.6. The molecular formula is C67H113N2O7P. The topological polar surface area (TPSA) is 114 Å². The molecular weight excluding hydrogens is 976 g/mol. The van der Waals surface area contributed by atoms with Crippen LogP contribution in [0.15, 0.2) is 134 Å². The molecule has 0 aromatic carbocycles. The summed E-state index contributed by atoms with van der Waals surface area (Å²) >= 11 is 0. The van der Waals surface area contributed by atoms with Gasteiger partial charge in [-0.15, -0.1) is 0 Å². The average molecular weight is 1090 g/mol. The Labute approximate surface area is 473 Å². The number of hydrogen-bond acceptors (Lipinski definition) is 7. The predicted octanol–water partition coefficient (Wildman–Crippen LogP) is 18.3. The maximum absolute atomic E-state index is 13.5. The van der Waals surface area contributed by atoms with Gasteiger partial charge in [-0.2, -0.15) is 0 Å². The molecule has 0 aromatic rings. The Balaban J connectivity index is 5.40. The number of carbonyl (C=O) groups excluding carboxylic acids is 2. The van der Waals surface area contributed by atoms with Crippen molar-refractivity contribution in [3.8, 4) is 0 Å². The van der Waals surface area contributed by atoms with Gasteiger partial charge in [0.15, 0.2) is 0 Å². The Morgan fingerprint density at radius 3 is 1.30 bits per heavy atom. The third-order valence-electron chi connectivity index (χ3n) is 12.6. The van der Waals surface area contributed by atoms with Crippen LogP contribution in [-0.2, 0) is 27.9 Å². The number of nitrogens with one attached hydrogen (secondary N) is 1. The molecule has 3 atom stereocenters. The van der Waals surface area contributed by atoms with Gasteiger partial charge in [-0.25, -0.2) is 0 Å². The standard InChI is InChI=1S/C67H113N2O7P/c1-7-10-13-16-19-22-25-27-29-31-33-34-36-37-39-41-44-47-50-53-56-59-66(70)68-64(63-75-77(72,73)74-62-61-69(4,5)6)65(58-55-52-49-46-43-24-21-18-15-12-9-3)76-67(71)60-57-54-51-48-45-42-40-38-35-32-30-28-26-23-20-17-14-11-8-2/h11,14,19-20,22-23,27-30,33-35,37-39,42,45,51,54-55,58,64-65H,7-10,12-13,15-18,21,24-26,31-32,36,40-41,43-44,46-50,52-53,56-57,59-63H2,1-6H3,(H-,68,70,72,73)/b14-11-,22-19-,23-20-,29-27-,30-28-,34-33-,38-35-,39-37-,45-42-,54-51-,58-55+. The van der Waals surface area contributed by atoms with Crippen molar-refractivity contribution in [2.24, 2.45) is 0 Å². The van der Waals surface area contributed by atoms with Crippen LogP contribution in [0, 0.1) is 0 Å². The average Bonchev–Trinajstić information content (AvgIpc) is 3.39. The van der Waals surface area contributed by atoms with E-state index in [2.05, 4.69) is 135 Å². The van der Waals surface area contributed by atoms with Gasteiger partial charge in [-0.1, -0.05) is 232 Å². The van der Waals surface area contributed by atoms with Gasteiger partial charge in [0.25, 0.3) is 7.82 Å². The van der Waals surface area contributed by atoms with Crippen molar-refractivity contribution in [2.75, 3.05) is 40.9 Å². The minimum absolute atomic E-state index is 0.0451. The van der Waals surface area contributed by atoms with Crippen LogP contribution in [0.2, 0.25) is 0 Å². The van der Waals surface area contributed by atoms with Gasteiger partial charge in [0, 0.05) is 12.8 Å². The smallest absolute Gasteiger partial charge is 0.306 e. The second-order valence-electron chi connectivity index (χ2n) is 21.1. The zero-order valence-corrected chi connectivity index (χ0v) is 50.8. The van der Waals surface area contributed by atoms with E-state index in [1.165, 1.54) is 70.6 Å². The molecule has 0 saturated heterocycles. The lowest BCUT2D eigenvalue weighted by Crippen LogP contribution is -2.47. The van der Waals surface area contributed by atoms with Gasteiger partial charge >= 0.3 is 5.97 Å². The van der Waals surface area contributed by atoms with Crippen LogP contribution in [0.4, 0.5) is 0 Å². The van der Waals surface area contributed by atoms with Crippen LogP contribution in [0.5, 0.6) is 0 Å². The number of phosphoric ester groups is 1. The molecule has 3 unspecified atom stereocenters. The van der Waals surface area contributed by atoms with Gasteiger partial charge in [0.1, 0.15) is 19.3 Å². The number of allylic oxidation sites excluding steroid dienone is 21. The van der Waals surface area contributed by atoms with E-state index in [1.807, 2.05) is 39.4 Å². The zero-order chi connectivity index (χ0) is 56.4. The van der Waals surface area contributed by atoms with Crippen molar-refractivity contribution in [3.63, 3.8) is 0 Å². The van der Waals surface area contributed by atoms with Gasteiger partial charge in [-0.05, 0) is 115 Å². The Bertz CT molecular complexity index is 1780. The first-order valence-electron chi connectivity index (χ1n) is 30.5. The number of amides is 1. The monoisotopic (exact) mass is 1090 g/mol. The molecule has 0 spiro atoms. The molecule has 0 aliphatic carbocycles. The van der Waals surface area contributed by atoms with E-state index in [1.54, 1.807) is 6.08 Å². The first-order chi connectivity index (χ1) is 37.4. The molecule has 0 saturated carbocycles. The summed E-state index contributed by atoms with van der Waals surface area (Å²) in [6.07, 6.45) is 78.6. The van der Waals surface area contributed by atoms with Crippen molar-refractivity contribution in [3.05, 3.63) is 134 Å². The van der Waals surface area contributed by atoms with Crippen LogP contribution in [-0.4, -0.2) is 69.4 Å². The fourth-order valence-electron chi connectivity index (χ4n) is 7.88. The first kappa shape index (κ1) is 73.2. The molecule has 0 bridgehead atoms. The fourth-order valence-corrected chi connectivity index (χ4v) is 8.61. The first-order valence-corrected chi connectivity index (χ1v) is 32.0. The lowest BCUT2D eigenvalue weighted by molar-refractivity contribution is -0.870. The van der Waals surface area contributed by atoms with E-state index in [9.17, 15) is 19.0 Å². The third-order valence-corrected chi connectivity index (χ3v) is 13.5. The molecule has 438 valence electrons. The van der Waals surface area contributed by atoms with Crippen molar-refractivity contribution >= 4 is 19.7 Å². The number of carbonyl (C=O) groups is 2. The Hall–Kier alpha value is -3.85. The van der Waals surface area contributed by atoms with Crippen LogP contribution in [0.1, 0.15) is 226 Å². The van der Waals surface area contributed by atoms with E-state index >= 15 is 0 Å². The Morgan fingerprint density at radius 1 is 0.468 bits per heavy atom. The highest BCUT2D eigenvalue weighted by Crippen LogP contribution is 2.38. The van der Waals surface area contributed by atoms with Gasteiger partial charge < -0.3 is 28.5 Å². The van der Waals surface area contributed by atoms with Crippen LogP contribution < -0.4 is 10.2 Å². The summed E-state index contributed by atoms with van der Waals surface area (Å²) in [7, 11) is 1.11. The number of likely N-dealkylation sites (N-methyl/N-ethyl adjacent to an activating group) is 1. The molecule has 9 nitrogen and oxygen atoms in total. The molecule has 0 fully saturated rings. The fraction of sp³-hybridized carbons (Fsp3) is 0.642. The lowest BCUT2D eigenvalue weighted by atomic mass is 10.1. The van der Waals surface area contributed by atoms with Crippen LogP contribution in [0.3, 0.4) is 0 Å². The molecule has 0 aliphatic rings. The number of hydrogen-bond donors (Lipinski definition) is 1. The van der Waals surface area contributed by atoms with Crippen molar-refractivity contribution in [2.45, 2.75) is 238 Å². The summed E-state index contributed by atoms with van der Waals surface area (Å²) in [5, 5.41) is 2.99. The molecule has 0 radical (unpaired) electrons. The van der Waals surface area contributed by atoms with Crippen LogP contribution in [0.25, 0.3) is 0 Å². The minimum atomic E-state index is -4.73. The van der Waals surface area contributed by atoms with E-state index in [0.29, 0.717) is 23.9 Å². The summed E-state index contributed by atoms with van der Waals surface area (Å²) in [6.45, 7) is 6.60. The second kappa shape index (κ2) is 55.5. The van der Waals surface area contributed by atoms with Crippen molar-refractivity contribution < 1.29 is 37.3 Å². The van der Waals surface area contributed by atoms with Crippen molar-refractivity contribution in [1.82, 2.24) is 5.32 Å². The molecule has 0 heterocycles. The Morgan fingerprint density at radius 2 is 0.844 bits per heavy atom. The minimum Gasteiger partial charge on any atom is -0.756 e. The van der Waals surface area contributed by atoms with E-state index in [-0.39, 0.29) is 25.4 Å². The van der Waals surface area contributed by atoms with E-state index in [0.717, 1.165) is 109 Å². The van der Waals surface area contributed by atoms with Crippen LogP contribution >= 0.6 is 7.82 Å². The highest BCUT2D eigenvalue weighted by atomic mass is 31.2. The highest BCUT2D eigenvalue weighted by molar-refractivity contribution is 7.45. The van der Waals surface area contributed by atoms with E-state index < -0.39 is 32.5 Å². The second-order valence-corrected chi connectivity index (χ2v) is 22.5. The van der Waals surface area contributed by atoms with E-state index in [4.69, 9.17) is 13.8 Å². The number of rotatable bonds is 53. The number of esters is 1. The molecule has 0 aromatic heterocycles. The molecule has 77 heavy (non-hydrogen) atoms. The summed E-state index contributed by atoms with van der Waals surface area (Å²) in [5.74, 6) is -0.671. The summed E-state index contributed by atoms with van der Waals surface area (Å²) in [4.78, 5) is 39.9. The largest absolute Gasteiger partial charge is 0.756 e. The number of nitrogens with zero attached hydrogens (tertiary/aromatic N) is 1.